The average Bonchev–Trinajstić information content (AvgIpc) is 3.24. The summed E-state index contributed by atoms with van der Waals surface area (Å²) >= 11 is 0. The maximum Gasteiger partial charge on any atom is 0.227 e. The summed E-state index contributed by atoms with van der Waals surface area (Å²) in [6, 6.07) is 6.64. The maximum absolute atomic E-state index is 6.02. The van der Waals surface area contributed by atoms with Crippen molar-refractivity contribution >= 4 is 23.3 Å². The van der Waals surface area contributed by atoms with Crippen LogP contribution in [-0.2, 0) is 6.54 Å². The van der Waals surface area contributed by atoms with Crippen molar-refractivity contribution in [3.05, 3.63) is 36.4 Å². The standard InChI is InChI=1S/C18H23N5O.ClH/c1-13(2)23-8-6-22(7-9-23)12-14-10-19-18(24-14)15-4-3-5-17-16(15)11-20-21-17;/h3-5,10-11,13H,6-9,12H2,1-2H3,(H,20,21);1H. The molecule has 1 aromatic carbocycles. The van der Waals surface area contributed by atoms with E-state index in [-0.39, 0.29) is 12.4 Å². The topological polar surface area (TPSA) is 61.2 Å². The predicted molar refractivity (Wildman–Crippen MR) is 101 cm³/mol. The molecular formula is C18H24ClN5O. The number of piperazine rings is 1. The zero-order chi connectivity index (χ0) is 16.5. The summed E-state index contributed by atoms with van der Waals surface area (Å²) in [7, 11) is 0. The van der Waals surface area contributed by atoms with Crippen LogP contribution in [-0.4, -0.2) is 57.2 Å². The molecule has 1 saturated heterocycles. The average molecular weight is 362 g/mol. The van der Waals surface area contributed by atoms with Crippen LogP contribution in [0.3, 0.4) is 0 Å². The quantitative estimate of drug-likeness (QED) is 0.773. The van der Waals surface area contributed by atoms with Crippen molar-refractivity contribution in [3.8, 4) is 11.5 Å². The number of nitrogens with one attached hydrogen (secondary N) is 1. The lowest BCUT2D eigenvalue weighted by atomic mass is 10.1. The number of aromatic amines is 1. The van der Waals surface area contributed by atoms with E-state index in [1.54, 1.807) is 0 Å². The number of oxazole rings is 1. The second-order valence-electron chi connectivity index (χ2n) is 6.67. The molecule has 3 aromatic rings. The smallest absolute Gasteiger partial charge is 0.227 e. The Morgan fingerprint density at radius 3 is 2.72 bits per heavy atom. The maximum atomic E-state index is 6.02. The fraction of sp³-hybridized carbons (Fsp3) is 0.444. The molecule has 0 bridgehead atoms. The van der Waals surface area contributed by atoms with Gasteiger partial charge in [0.15, 0.2) is 0 Å². The summed E-state index contributed by atoms with van der Waals surface area (Å²) < 4.78 is 6.02. The molecule has 1 aliphatic heterocycles. The van der Waals surface area contributed by atoms with Gasteiger partial charge in [-0.25, -0.2) is 4.98 Å². The Bertz CT molecular complexity index is 820. The molecule has 0 saturated carbocycles. The molecule has 0 radical (unpaired) electrons. The van der Waals surface area contributed by atoms with Crippen LogP contribution >= 0.6 is 12.4 Å². The molecule has 0 atom stereocenters. The Kier molecular flexibility index (Phi) is 5.42. The molecule has 3 heterocycles. The van der Waals surface area contributed by atoms with Crippen LogP contribution in [0.25, 0.3) is 22.4 Å². The van der Waals surface area contributed by atoms with Crippen molar-refractivity contribution in [2.45, 2.75) is 26.4 Å². The lowest BCUT2D eigenvalue weighted by molar-refractivity contribution is 0.0992. The van der Waals surface area contributed by atoms with Crippen molar-refractivity contribution in [1.82, 2.24) is 25.0 Å². The highest BCUT2D eigenvalue weighted by atomic mass is 35.5. The number of H-pyrrole nitrogens is 1. The van der Waals surface area contributed by atoms with Crippen molar-refractivity contribution in [2.24, 2.45) is 0 Å². The molecule has 4 rings (SSSR count). The molecule has 0 amide bonds. The minimum Gasteiger partial charge on any atom is -0.440 e. The first-order chi connectivity index (χ1) is 11.7. The first-order valence-electron chi connectivity index (χ1n) is 8.54. The van der Waals surface area contributed by atoms with Gasteiger partial charge in [0.2, 0.25) is 5.89 Å². The van der Waals surface area contributed by atoms with E-state index < -0.39 is 0 Å². The summed E-state index contributed by atoms with van der Waals surface area (Å²) in [5.41, 5.74) is 1.98. The van der Waals surface area contributed by atoms with Crippen molar-refractivity contribution in [2.75, 3.05) is 26.2 Å². The first kappa shape index (κ1) is 17.9. The number of benzene rings is 1. The summed E-state index contributed by atoms with van der Waals surface area (Å²) in [5, 5.41) is 8.12. The SMILES string of the molecule is CC(C)N1CCN(Cc2cnc(-c3cccc4[nH]ncc34)o2)CC1.Cl. The fourth-order valence-electron chi connectivity index (χ4n) is 3.32. The monoisotopic (exact) mass is 361 g/mol. The third kappa shape index (κ3) is 3.71. The molecule has 25 heavy (non-hydrogen) atoms. The predicted octanol–water partition coefficient (Wildman–Crippen LogP) is 3.17. The van der Waals surface area contributed by atoms with E-state index in [9.17, 15) is 0 Å². The van der Waals surface area contributed by atoms with E-state index in [0.717, 1.165) is 55.0 Å². The molecule has 2 aromatic heterocycles. The van der Waals surface area contributed by atoms with Crippen LogP contribution in [0.4, 0.5) is 0 Å². The Labute approximate surface area is 153 Å². The zero-order valence-corrected chi connectivity index (χ0v) is 15.4. The van der Waals surface area contributed by atoms with Crippen LogP contribution in [0.1, 0.15) is 19.6 Å². The van der Waals surface area contributed by atoms with Gasteiger partial charge in [0.1, 0.15) is 5.76 Å². The Hall–Kier alpha value is -1.89. The van der Waals surface area contributed by atoms with E-state index in [4.69, 9.17) is 4.42 Å². The van der Waals surface area contributed by atoms with Crippen LogP contribution in [0.5, 0.6) is 0 Å². The van der Waals surface area contributed by atoms with Gasteiger partial charge in [0.25, 0.3) is 0 Å². The van der Waals surface area contributed by atoms with E-state index in [1.165, 1.54) is 0 Å². The van der Waals surface area contributed by atoms with Gasteiger partial charge < -0.3 is 4.42 Å². The Balaban J connectivity index is 0.00000182. The lowest BCUT2D eigenvalue weighted by Crippen LogP contribution is -2.48. The number of nitrogens with zero attached hydrogens (tertiary/aromatic N) is 4. The molecule has 0 unspecified atom stereocenters. The molecule has 6 nitrogen and oxygen atoms in total. The van der Waals surface area contributed by atoms with E-state index >= 15 is 0 Å². The van der Waals surface area contributed by atoms with Crippen LogP contribution in [0.2, 0.25) is 0 Å². The van der Waals surface area contributed by atoms with Crippen molar-refractivity contribution < 1.29 is 4.42 Å². The number of hydrogen-bond acceptors (Lipinski definition) is 5. The summed E-state index contributed by atoms with van der Waals surface area (Å²) in [4.78, 5) is 9.43. The fourth-order valence-corrected chi connectivity index (χ4v) is 3.32. The summed E-state index contributed by atoms with van der Waals surface area (Å²) in [6.45, 7) is 9.72. The second-order valence-corrected chi connectivity index (χ2v) is 6.67. The van der Waals surface area contributed by atoms with Gasteiger partial charge in [-0.05, 0) is 26.0 Å². The summed E-state index contributed by atoms with van der Waals surface area (Å²) in [5.74, 6) is 1.58. The molecule has 1 N–H and O–H groups in total. The van der Waals surface area contributed by atoms with Crippen molar-refractivity contribution in [1.29, 1.82) is 0 Å². The molecule has 0 spiro atoms. The Morgan fingerprint density at radius 2 is 1.96 bits per heavy atom. The number of hydrogen-bond donors (Lipinski definition) is 1. The van der Waals surface area contributed by atoms with Gasteiger partial charge in [-0.15, -0.1) is 12.4 Å². The van der Waals surface area contributed by atoms with Crippen LogP contribution < -0.4 is 0 Å². The van der Waals surface area contributed by atoms with Gasteiger partial charge in [-0.2, -0.15) is 5.10 Å². The highest BCUT2D eigenvalue weighted by Crippen LogP contribution is 2.27. The van der Waals surface area contributed by atoms with Crippen LogP contribution in [0.15, 0.2) is 35.0 Å². The minimum absolute atomic E-state index is 0. The molecule has 7 heteroatoms. The number of rotatable bonds is 4. The van der Waals surface area contributed by atoms with E-state index in [1.807, 2.05) is 30.6 Å². The van der Waals surface area contributed by atoms with Gasteiger partial charge in [-0.3, -0.25) is 14.9 Å². The lowest BCUT2D eigenvalue weighted by Gasteiger charge is -2.36. The normalized spacial score (nSPS) is 16.4. The van der Waals surface area contributed by atoms with Gasteiger partial charge in [-0.1, -0.05) is 6.07 Å². The third-order valence-electron chi connectivity index (χ3n) is 4.79. The minimum atomic E-state index is 0. The molecule has 134 valence electrons. The van der Waals surface area contributed by atoms with Gasteiger partial charge in [0, 0.05) is 43.2 Å². The Morgan fingerprint density at radius 1 is 1.16 bits per heavy atom. The molecule has 1 aliphatic rings. The molecule has 1 fully saturated rings. The third-order valence-corrected chi connectivity index (χ3v) is 4.79. The first-order valence-corrected chi connectivity index (χ1v) is 8.54. The highest BCUT2D eigenvalue weighted by Gasteiger charge is 2.20. The number of halogens is 1. The van der Waals surface area contributed by atoms with Gasteiger partial charge in [0.05, 0.1) is 24.5 Å². The second kappa shape index (κ2) is 7.56. The molecular weight excluding hydrogens is 338 g/mol. The van der Waals surface area contributed by atoms with E-state index in [2.05, 4.69) is 38.8 Å². The number of aromatic nitrogens is 3. The zero-order valence-electron chi connectivity index (χ0n) is 14.6. The van der Waals surface area contributed by atoms with Crippen LogP contribution in [0, 0.1) is 0 Å². The van der Waals surface area contributed by atoms with Crippen molar-refractivity contribution in [3.63, 3.8) is 0 Å². The largest absolute Gasteiger partial charge is 0.440 e. The van der Waals surface area contributed by atoms with Gasteiger partial charge >= 0.3 is 0 Å². The molecule has 0 aliphatic carbocycles. The number of fused-ring (bicyclic) bond motifs is 1. The summed E-state index contributed by atoms with van der Waals surface area (Å²) in [6.07, 6.45) is 3.67. The van der Waals surface area contributed by atoms with E-state index in [0.29, 0.717) is 11.9 Å². The highest BCUT2D eigenvalue weighted by molar-refractivity contribution is 5.91.